The molecule has 4 N–H and O–H groups in total. The molecule has 1 heterocycles. The summed E-state index contributed by atoms with van der Waals surface area (Å²) in [5, 5.41) is 2.08. The number of hydrogen-bond donors (Lipinski definition) is 2. The lowest BCUT2D eigenvalue weighted by Crippen LogP contribution is -1.99. The molecule has 0 radical (unpaired) electrons. The van der Waals surface area contributed by atoms with Crippen molar-refractivity contribution >= 4 is 22.1 Å². The van der Waals surface area contributed by atoms with E-state index in [4.69, 9.17) is 11.5 Å². The van der Waals surface area contributed by atoms with Crippen LogP contribution in [-0.4, -0.2) is 9.97 Å². The highest BCUT2D eigenvalue weighted by atomic mass is 14.8. The number of nitrogens with zero attached hydrogens (tertiary/aromatic N) is 2. The Morgan fingerprint density at radius 1 is 0.947 bits per heavy atom. The second kappa shape index (κ2) is 4.57. The van der Waals surface area contributed by atoms with Crippen LogP contribution in [0.2, 0.25) is 0 Å². The Morgan fingerprint density at radius 2 is 1.74 bits per heavy atom. The first-order chi connectivity index (χ1) is 9.24. The highest BCUT2D eigenvalue weighted by molar-refractivity contribution is 5.98. The van der Waals surface area contributed by atoms with Crippen LogP contribution in [0.3, 0.4) is 0 Å². The van der Waals surface area contributed by atoms with Gasteiger partial charge in [-0.1, -0.05) is 18.2 Å². The molecule has 0 aliphatic heterocycles. The predicted molar refractivity (Wildman–Crippen MR) is 77.6 cm³/mol. The molecule has 0 aliphatic rings. The number of fused-ring (bicyclic) bond motifs is 1. The van der Waals surface area contributed by atoms with Crippen molar-refractivity contribution in [2.75, 3.05) is 11.5 Å². The van der Waals surface area contributed by atoms with E-state index in [0.717, 1.165) is 22.2 Å². The fourth-order valence-corrected chi connectivity index (χ4v) is 2.30. The SMILES string of the molecule is Nc1cc(N)c2c(Cc3ncccn3)cccc2c1. The van der Waals surface area contributed by atoms with Crippen molar-refractivity contribution in [1.82, 2.24) is 9.97 Å². The topological polar surface area (TPSA) is 77.8 Å². The Bertz CT molecular complexity index is 723. The Labute approximate surface area is 111 Å². The molecule has 0 fully saturated rings. The lowest BCUT2D eigenvalue weighted by Gasteiger charge is -2.09. The molecule has 0 bridgehead atoms. The van der Waals surface area contributed by atoms with Gasteiger partial charge >= 0.3 is 0 Å². The monoisotopic (exact) mass is 250 g/mol. The van der Waals surface area contributed by atoms with Gasteiger partial charge in [-0.3, -0.25) is 0 Å². The summed E-state index contributed by atoms with van der Waals surface area (Å²) in [6, 6.07) is 11.6. The van der Waals surface area contributed by atoms with Crippen molar-refractivity contribution in [3.8, 4) is 0 Å². The predicted octanol–water partition coefficient (Wildman–Crippen LogP) is 2.39. The van der Waals surface area contributed by atoms with Gasteiger partial charge in [-0.25, -0.2) is 9.97 Å². The summed E-state index contributed by atoms with van der Waals surface area (Å²) >= 11 is 0. The average molecular weight is 250 g/mol. The minimum absolute atomic E-state index is 0.659. The zero-order valence-corrected chi connectivity index (χ0v) is 10.4. The maximum Gasteiger partial charge on any atom is 0.132 e. The van der Waals surface area contributed by atoms with E-state index in [-0.39, 0.29) is 0 Å². The first kappa shape index (κ1) is 11.5. The van der Waals surface area contributed by atoms with Gasteiger partial charge in [0.2, 0.25) is 0 Å². The molecule has 0 saturated heterocycles. The van der Waals surface area contributed by atoms with Gasteiger partial charge in [0.15, 0.2) is 0 Å². The summed E-state index contributed by atoms with van der Waals surface area (Å²) in [5.41, 5.74) is 14.4. The van der Waals surface area contributed by atoms with Crippen molar-refractivity contribution in [1.29, 1.82) is 0 Å². The molecule has 1 aromatic heterocycles. The second-order valence-electron chi connectivity index (χ2n) is 4.47. The standard InChI is InChI=1S/C15H14N4/c16-12-7-10-3-1-4-11(15(10)13(17)9-12)8-14-18-5-2-6-19-14/h1-7,9H,8,16-17H2. The minimum Gasteiger partial charge on any atom is -0.399 e. The normalized spacial score (nSPS) is 10.7. The second-order valence-corrected chi connectivity index (χ2v) is 4.47. The third-order valence-electron chi connectivity index (χ3n) is 3.08. The van der Waals surface area contributed by atoms with Crippen LogP contribution >= 0.6 is 0 Å². The van der Waals surface area contributed by atoms with E-state index < -0.39 is 0 Å². The van der Waals surface area contributed by atoms with Gasteiger partial charge in [0.1, 0.15) is 5.82 Å². The lowest BCUT2D eigenvalue weighted by molar-refractivity contribution is 0.973. The molecule has 0 saturated carbocycles. The number of rotatable bonds is 2. The fraction of sp³-hybridized carbons (Fsp3) is 0.0667. The van der Waals surface area contributed by atoms with Gasteiger partial charge < -0.3 is 11.5 Å². The van der Waals surface area contributed by atoms with E-state index in [1.165, 1.54) is 0 Å². The van der Waals surface area contributed by atoms with E-state index in [0.29, 0.717) is 17.8 Å². The number of anilines is 2. The molecule has 2 aromatic carbocycles. The third-order valence-corrected chi connectivity index (χ3v) is 3.08. The molecule has 94 valence electrons. The molecule has 0 aliphatic carbocycles. The molecular weight excluding hydrogens is 236 g/mol. The summed E-state index contributed by atoms with van der Waals surface area (Å²) in [6.45, 7) is 0. The third kappa shape index (κ3) is 2.20. The molecule has 4 nitrogen and oxygen atoms in total. The number of benzene rings is 2. The van der Waals surface area contributed by atoms with Gasteiger partial charge in [-0.05, 0) is 29.1 Å². The van der Waals surface area contributed by atoms with Crippen LogP contribution in [0.15, 0.2) is 48.8 Å². The zero-order valence-electron chi connectivity index (χ0n) is 10.4. The molecule has 3 aromatic rings. The van der Waals surface area contributed by atoms with E-state index in [2.05, 4.69) is 9.97 Å². The molecule has 3 rings (SSSR count). The summed E-state index contributed by atoms with van der Waals surface area (Å²) in [5.74, 6) is 0.784. The smallest absolute Gasteiger partial charge is 0.132 e. The highest BCUT2D eigenvalue weighted by Gasteiger charge is 2.07. The van der Waals surface area contributed by atoms with Crippen LogP contribution in [0, 0.1) is 0 Å². The number of aromatic nitrogens is 2. The molecule has 0 spiro atoms. The Kier molecular flexibility index (Phi) is 2.76. The first-order valence-electron chi connectivity index (χ1n) is 6.06. The maximum atomic E-state index is 6.09. The largest absolute Gasteiger partial charge is 0.399 e. The lowest BCUT2D eigenvalue weighted by atomic mass is 9.99. The van der Waals surface area contributed by atoms with Crippen molar-refractivity contribution < 1.29 is 0 Å². The summed E-state index contributed by atoms with van der Waals surface area (Å²) in [6.07, 6.45) is 4.15. The molecule has 0 unspecified atom stereocenters. The number of nitrogens with two attached hydrogens (primary N) is 2. The van der Waals surface area contributed by atoms with E-state index in [9.17, 15) is 0 Å². The zero-order chi connectivity index (χ0) is 13.2. The summed E-state index contributed by atoms with van der Waals surface area (Å²) in [4.78, 5) is 8.50. The molecule has 19 heavy (non-hydrogen) atoms. The molecular formula is C15H14N4. The van der Waals surface area contributed by atoms with Crippen LogP contribution in [0.4, 0.5) is 11.4 Å². The van der Waals surface area contributed by atoms with Gasteiger partial charge in [-0.2, -0.15) is 0 Å². The van der Waals surface area contributed by atoms with Gasteiger partial charge in [0.25, 0.3) is 0 Å². The Hall–Kier alpha value is -2.62. The average Bonchev–Trinajstić information content (AvgIpc) is 2.39. The number of nitrogen functional groups attached to an aromatic ring is 2. The first-order valence-corrected chi connectivity index (χ1v) is 6.06. The summed E-state index contributed by atoms with van der Waals surface area (Å²) in [7, 11) is 0. The van der Waals surface area contributed by atoms with Crippen LogP contribution in [-0.2, 0) is 6.42 Å². The van der Waals surface area contributed by atoms with Gasteiger partial charge in [0, 0.05) is 35.6 Å². The molecule has 4 heteroatoms. The van der Waals surface area contributed by atoms with E-state index in [1.54, 1.807) is 18.5 Å². The summed E-state index contributed by atoms with van der Waals surface area (Å²) < 4.78 is 0. The fourth-order valence-electron chi connectivity index (χ4n) is 2.30. The quantitative estimate of drug-likeness (QED) is 0.684. The van der Waals surface area contributed by atoms with Crippen molar-refractivity contribution in [3.63, 3.8) is 0 Å². The van der Waals surface area contributed by atoms with Crippen LogP contribution in [0.25, 0.3) is 10.8 Å². The maximum absolute atomic E-state index is 6.09. The van der Waals surface area contributed by atoms with Gasteiger partial charge in [0.05, 0.1) is 0 Å². The molecule has 0 amide bonds. The van der Waals surface area contributed by atoms with Crippen LogP contribution < -0.4 is 11.5 Å². The van der Waals surface area contributed by atoms with E-state index >= 15 is 0 Å². The van der Waals surface area contributed by atoms with Gasteiger partial charge in [-0.15, -0.1) is 0 Å². The minimum atomic E-state index is 0.659. The number of hydrogen-bond acceptors (Lipinski definition) is 4. The van der Waals surface area contributed by atoms with E-state index in [1.807, 2.05) is 30.3 Å². The highest BCUT2D eigenvalue weighted by Crippen LogP contribution is 2.28. The van der Waals surface area contributed by atoms with Crippen molar-refractivity contribution in [3.05, 3.63) is 60.2 Å². The Balaban J connectivity index is 2.14. The van der Waals surface area contributed by atoms with Crippen LogP contribution in [0.1, 0.15) is 11.4 Å². The Morgan fingerprint density at radius 3 is 2.53 bits per heavy atom. The molecule has 0 atom stereocenters. The van der Waals surface area contributed by atoms with Crippen molar-refractivity contribution in [2.45, 2.75) is 6.42 Å². The van der Waals surface area contributed by atoms with Crippen molar-refractivity contribution in [2.24, 2.45) is 0 Å². The van der Waals surface area contributed by atoms with Crippen LogP contribution in [0.5, 0.6) is 0 Å².